The number of anilines is 1. The summed E-state index contributed by atoms with van der Waals surface area (Å²) in [5.74, 6) is -2.74. The lowest BCUT2D eigenvalue weighted by molar-refractivity contribution is -0.145. The van der Waals surface area contributed by atoms with E-state index in [1.807, 2.05) is 0 Å². The van der Waals surface area contributed by atoms with E-state index in [0.29, 0.717) is 5.56 Å². The number of halogens is 4. The van der Waals surface area contributed by atoms with Gasteiger partial charge in [-0.05, 0) is 24.6 Å². The number of hydrogen-bond donors (Lipinski definition) is 1. The molecule has 0 aliphatic heterocycles. The van der Waals surface area contributed by atoms with Crippen LogP contribution >= 0.6 is 0 Å². The molecule has 1 heterocycles. The van der Waals surface area contributed by atoms with E-state index in [1.165, 1.54) is 19.2 Å². The van der Waals surface area contributed by atoms with Gasteiger partial charge in [-0.3, -0.25) is 0 Å². The minimum absolute atomic E-state index is 0.0830. The van der Waals surface area contributed by atoms with Gasteiger partial charge < -0.3 is 10.1 Å². The molecular formula is C13H11F4N3O. The summed E-state index contributed by atoms with van der Waals surface area (Å²) in [6, 6.07) is 5.19. The number of aromatic nitrogens is 2. The first kappa shape index (κ1) is 15.0. The third kappa shape index (κ3) is 3.59. The van der Waals surface area contributed by atoms with Crippen molar-refractivity contribution in [3.8, 4) is 11.6 Å². The van der Waals surface area contributed by atoms with Crippen LogP contribution in [0, 0.1) is 12.7 Å². The zero-order valence-corrected chi connectivity index (χ0v) is 11.1. The molecule has 0 radical (unpaired) electrons. The fraction of sp³-hybridized carbons (Fsp3) is 0.231. The molecular weight excluding hydrogens is 290 g/mol. The van der Waals surface area contributed by atoms with E-state index in [-0.39, 0.29) is 11.6 Å². The zero-order chi connectivity index (χ0) is 15.6. The van der Waals surface area contributed by atoms with Crippen molar-refractivity contribution in [3.05, 3.63) is 41.5 Å². The Balaban J connectivity index is 2.42. The third-order valence-corrected chi connectivity index (χ3v) is 2.51. The lowest BCUT2D eigenvalue weighted by Gasteiger charge is -2.11. The van der Waals surface area contributed by atoms with Crippen LogP contribution in [0.4, 0.5) is 23.4 Å². The molecule has 0 bridgehead atoms. The fourth-order valence-corrected chi connectivity index (χ4v) is 1.53. The second-order valence-electron chi connectivity index (χ2n) is 4.20. The molecule has 112 valence electrons. The highest BCUT2D eigenvalue weighted by Crippen LogP contribution is 2.31. The Bertz CT molecular complexity index is 658. The molecule has 0 saturated heterocycles. The van der Waals surface area contributed by atoms with E-state index in [1.54, 1.807) is 6.92 Å². The van der Waals surface area contributed by atoms with Crippen molar-refractivity contribution in [2.45, 2.75) is 13.1 Å². The standard InChI is InChI=1S/C13H11F4N3O/c1-7-3-4-8(14)9(5-7)21-11-6-10(18-2)19-12(20-11)13(15,16)17/h3-6H,1-2H3,(H,18,19,20). The van der Waals surface area contributed by atoms with Gasteiger partial charge in [0.1, 0.15) is 5.82 Å². The molecule has 0 unspecified atom stereocenters. The maximum Gasteiger partial charge on any atom is 0.451 e. The summed E-state index contributed by atoms with van der Waals surface area (Å²) in [7, 11) is 1.40. The Kier molecular flexibility index (Phi) is 3.97. The first-order valence-electron chi connectivity index (χ1n) is 5.87. The first-order chi connectivity index (χ1) is 9.79. The van der Waals surface area contributed by atoms with Crippen LogP contribution in [-0.4, -0.2) is 17.0 Å². The van der Waals surface area contributed by atoms with Crippen molar-refractivity contribution in [1.29, 1.82) is 0 Å². The average molecular weight is 301 g/mol. The van der Waals surface area contributed by atoms with Crippen LogP contribution in [-0.2, 0) is 6.18 Å². The fourth-order valence-electron chi connectivity index (χ4n) is 1.53. The highest BCUT2D eigenvalue weighted by molar-refractivity contribution is 5.40. The number of hydrogen-bond acceptors (Lipinski definition) is 4. The van der Waals surface area contributed by atoms with Gasteiger partial charge in [0.15, 0.2) is 11.6 Å². The van der Waals surface area contributed by atoms with E-state index in [0.717, 1.165) is 12.1 Å². The van der Waals surface area contributed by atoms with Crippen LogP contribution < -0.4 is 10.1 Å². The molecule has 1 aromatic heterocycles. The average Bonchev–Trinajstić information content (AvgIpc) is 2.41. The van der Waals surface area contributed by atoms with Gasteiger partial charge in [0.2, 0.25) is 11.7 Å². The second-order valence-corrected chi connectivity index (χ2v) is 4.20. The molecule has 0 aliphatic rings. The van der Waals surface area contributed by atoms with Gasteiger partial charge in [-0.1, -0.05) is 6.07 Å². The van der Waals surface area contributed by atoms with Crippen LogP contribution in [0.25, 0.3) is 0 Å². The summed E-state index contributed by atoms with van der Waals surface area (Å²) in [4.78, 5) is 6.54. The minimum Gasteiger partial charge on any atom is -0.436 e. The van der Waals surface area contributed by atoms with Crippen molar-refractivity contribution < 1.29 is 22.3 Å². The van der Waals surface area contributed by atoms with Gasteiger partial charge in [-0.2, -0.15) is 18.2 Å². The van der Waals surface area contributed by atoms with Crippen LogP contribution in [0.3, 0.4) is 0 Å². The van der Waals surface area contributed by atoms with E-state index in [9.17, 15) is 17.6 Å². The number of rotatable bonds is 3. The van der Waals surface area contributed by atoms with Gasteiger partial charge in [-0.15, -0.1) is 0 Å². The Morgan fingerprint density at radius 3 is 2.48 bits per heavy atom. The van der Waals surface area contributed by atoms with Gasteiger partial charge in [0.05, 0.1) is 0 Å². The van der Waals surface area contributed by atoms with Crippen LogP contribution in [0.2, 0.25) is 0 Å². The van der Waals surface area contributed by atoms with Crippen LogP contribution in [0.1, 0.15) is 11.4 Å². The number of aryl methyl sites for hydroxylation is 1. The van der Waals surface area contributed by atoms with Crippen molar-refractivity contribution in [1.82, 2.24) is 9.97 Å². The van der Waals surface area contributed by atoms with E-state index in [2.05, 4.69) is 15.3 Å². The highest BCUT2D eigenvalue weighted by Gasteiger charge is 2.35. The predicted octanol–water partition coefficient (Wildman–Crippen LogP) is 3.78. The van der Waals surface area contributed by atoms with Crippen LogP contribution in [0.5, 0.6) is 11.6 Å². The maximum atomic E-state index is 13.6. The maximum absolute atomic E-state index is 13.6. The highest BCUT2D eigenvalue weighted by atomic mass is 19.4. The second kappa shape index (κ2) is 5.55. The lowest BCUT2D eigenvalue weighted by Crippen LogP contribution is -2.13. The number of ether oxygens (including phenoxy) is 1. The normalized spacial score (nSPS) is 11.3. The van der Waals surface area contributed by atoms with Gasteiger partial charge >= 0.3 is 6.18 Å². The Morgan fingerprint density at radius 1 is 1.14 bits per heavy atom. The molecule has 0 aliphatic carbocycles. The van der Waals surface area contributed by atoms with E-state index >= 15 is 0 Å². The van der Waals surface area contributed by atoms with Crippen molar-refractivity contribution in [3.63, 3.8) is 0 Å². The number of alkyl halides is 3. The Morgan fingerprint density at radius 2 is 1.86 bits per heavy atom. The molecule has 2 aromatic rings. The molecule has 8 heteroatoms. The molecule has 1 aromatic carbocycles. The van der Waals surface area contributed by atoms with Crippen molar-refractivity contribution >= 4 is 5.82 Å². The molecule has 0 saturated carbocycles. The summed E-state index contributed by atoms with van der Waals surface area (Å²) in [6.45, 7) is 1.70. The first-order valence-corrected chi connectivity index (χ1v) is 5.87. The molecule has 2 rings (SSSR count). The van der Waals surface area contributed by atoms with Gasteiger partial charge in [0, 0.05) is 13.1 Å². The summed E-state index contributed by atoms with van der Waals surface area (Å²) < 4.78 is 56.7. The molecule has 0 spiro atoms. The molecule has 0 atom stereocenters. The van der Waals surface area contributed by atoms with Crippen molar-refractivity contribution in [2.24, 2.45) is 0 Å². The monoisotopic (exact) mass is 301 g/mol. The van der Waals surface area contributed by atoms with E-state index in [4.69, 9.17) is 4.74 Å². The minimum atomic E-state index is -4.73. The largest absolute Gasteiger partial charge is 0.451 e. The predicted molar refractivity (Wildman–Crippen MR) is 67.8 cm³/mol. The van der Waals surface area contributed by atoms with Gasteiger partial charge in [-0.25, -0.2) is 9.37 Å². The number of nitrogens with zero attached hydrogens (tertiary/aromatic N) is 2. The zero-order valence-electron chi connectivity index (χ0n) is 11.1. The van der Waals surface area contributed by atoms with Crippen LogP contribution in [0.15, 0.2) is 24.3 Å². The number of nitrogens with one attached hydrogen (secondary N) is 1. The van der Waals surface area contributed by atoms with Crippen molar-refractivity contribution in [2.75, 3.05) is 12.4 Å². The SMILES string of the molecule is CNc1cc(Oc2cc(C)ccc2F)nc(C(F)(F)F)n1. The summed E-state index contributed by atoms with van der Waals surface area (Å²) in [5.41, 5.74) is 0.699. The van der Waals surface area contributed by atoms with E-state index < -0.39 is 23.7 Å². The topological polar surface area (TPSA) is 47.0 Å². The Hall–Kier alpha value is -2.38. The summed E-state index contributed by atoms with van der Waals surface area (Å²) >= 11 is 0. The summed E-state index contributed by atoms with van der Waals surface area (Å²) in [5, 5.41) is 2.47. The smallest absolute Gasteiger partial charge is 0.436 e. The summed E-state index contributed by atoms with van der Waals surface area (Å²) in [6.07, 6.45) is -4.73. The molecule has 0 amide bonds. The molecule has 1 N–H and O–H groups in total. The molecule has 4 nitrogen and oxygen atoms in total. The Labute approximate surface area is 117 Å². The van der Waals surface area contributed by atoms with Gasteiger partial charge in [0.25, 0.3) is 0 Å². The number of benzene rings is 1. The molecule has 21 heavy (non-hydrogen) atoms. The molecule has 0 fully saturated rings. The quantitative estimate of drug-likeness (QED) is 0.877. The lowest BCUT2D eigenvalue weighted by atomic mass is 10.2. The third-order valence-electron chi connectivity index (χ3n) is 2.51.